The molecule has 0 amide bonds. The van der Waals surface area contributed by atoms with E-state index in [1.165, 1.54) is 0 Å². The standard InChI is InChI=1S/C31H48N2O5.C29H50N2O6/c1-28(2)16-23(17-29(3,4)32(28)9)37-26(35)25(15-21-11-13-22(20-34)14-12-21)27(36)38-24-18-30(5,6)33(10)31(7,8)19-24;1-25(2)15-19(16-26(3,4)30-25)34-23(32)21-14-22(37-29(36-21)12-10-9-11-13-29)24(33)35-20-17-27(5,6)31-28(7,8)18-20/h11-15,23-24,34H,16-20H2,1-10H3;19-22,30-31H,9-18H2,1-8H3. The van der Waals surface area contributed by atoms with E-state index in [0.717, 1.165) is 50.5 Å². The van der Waals surface area contributed by atoms with Crippen LogP contribution in [0.1, 0.15) is 212 Å². The van der Waals surface area contributed by atoms with Gasteiger partial charge in [0.2, 0.25) is 0 Å². The van der Waals surface area contributed by atoms with Crippen molar-refractivity contribution in [3.63, 3.8) is 0 Å². The highest BCUT2D eigenvalue weighted by molar-refractivity contribution is 6.17. The Bertz CT molecular complexity index is 2030. The van der Waals surface area contributed by atoms with Crippen LogP contribution >= 0.6 is 0 Å². The van der Waals surface area contributed by atoms with E-state index in [-0.39, 0.29) is 87.3 Å². The van der Waals surface area contributed by atoms with Gasteiger partial charge in [0.15, 0.2) is 18.0 Å². The number of aliphatic hydroxyl groups excluding tert-OH is 1. The second kappa shape index (κ2) is 22.4. The summed E-state index contributed by atoms with van der Waals surface area (Å²) >= 11 is 0. The number of nitrogens with one attached hydrogen (secondary N) is 2. The van der Waals surface area contributed by atoms with Crippen LogP contribution < -0.4 is 10.6 Å². The number of likely N-dealkylation sites (tertiary alicyclic amines) is 2. The molecular formula is C60H98N4O11. The lowest BCUT2D eigenvalue weighted by Gasteiger charge is -2.53. The summed E-state index contributed by atoms with van der Waals surface area (Å²) in [6, 6.07) is 7.08. The van der Waals surface area contributed by atoms with Crippen LogP contribution in [0.3, 0.4) is 0 Å². The van der Waals surface area contributed by atoms with E-state index >= 15 is 0 Å². The zero-order valence-electron chi connectivity index (χ0n) is 49.4. The van der Waals surface area contributed by atoms with Crippen molar-refractivity contribution in [3.05, 3.63) is 41.0 Å². The number of ether oxygens (including phenoxy) is 6. The fourth-order valence-electron chi connectivity index (χ4n) is 13.8. The molecule has 1 aromatic carbocycles. The van der Waals surface area contributed by atoms with Gasteiger partial charge in [-0.3, -0.25) is 9.80 Å². The zero-order chi connectivity index (χ0) is 56.0. The van der Waals surface area contributed by atoms with E-state index in [0.29, 0.717) is 44.1 Å². The van der Waals surface area contributed by atoms with E-state index in [1.807, 2.05) is 0 Å². The number of nitrogens with zero attached hydrogens (tertiary/aromatic N) is 2. The summed E-state index contributed by atoms with van der Waals surface area (Å²) in [5, 5.41) is 16.6. The van der Waals surface area contributed by atoms with Gasteiger partial charge in [-0.25, -0.2) is 19.2 Å². The van der Waals surface area contributed by atoms with Crippen LogP contribution in [-0.4, -0.2) is 140 Å². The maximum atomic E-state index is 13.6. The molecule has 424 valence electrons. The second-order valence-corrected chi connectivity index (χ2v) is 28.3. The molecule has 2 unspecified atom stereocenters. The van der Waals surface area contributed by atoms with E-state index in [2.05, 4.69) is 145 Å². The maximum absolute atomic E-state index is 13.6. The maximum Gasteiger partial charge on any atom is 0.345 e. The molecule has 5 heterocycles. The lowest BCUT2D eigenvalue weighted by molar-refractivity contribution is -0.324. The van der Waals surface area contributed by atoms with Crippen LogP contribution in [0.5, 0.6) is 0 Å². The van der Waals surface area contributed by atoms with E-state index < -0.39 is 41.9 Å². The van der Waals surface area contributed by atoms with Gasteiger partial charge in [0.05, 0.1) is 6.61 Å². The van der Waals surface area contributed by atoms with Crippen molar-refractivity contribution in [2.45, 2.75) is 294 Å². The molecular weight excluding hydrogens is 953 g/mol. The Morgan fingerprint density at radius 3 is 1.20 bits per heavy atom. The molecule has 15 heteroatoms. The molecule has 5 saturated heterocycles. The molecule has 0 aromatic heterocycles. The predicted molar refractivity (Wildman–Crippen MR) is 291 cm³/mol. The molecule has 15 nitrogen and oxygen atoms in total. The number of rotatable bonds is 10. The molecule has 6 aliphatic rings. The average molecular weight is 1050 g/mol. The summed E-state index contributed by atoms with van der Waals surface area (Å²) in [5.41, 5.74) is 0.0847. The second-order valence-electron chi connectivity index (χ2n) is 28.3. The van der Waals surface area contributed by atoms with E-state index in [1.54, 1.807) is 30.3 Å². The summed E-state index contributed by atoms with van der Waals surface area (Å²) < 4.78 is 36.8. The van der Waals surface area contributed by atoms with Crippen LogP contribution in [0.25, 0.3) is 6.08 Å². The summed E-state index contributed by atoms with van der Waals surface area (Å²) in [6.45, 7) is 34.1. The van der Waals surface area contributed by atoms with Gasteiger partial charge in [0.25, 0.3) is 0 Å². The summed E-state index contributed by atoms with van der Waals surface area (Å²) in [7, 11) is 4.20. The van der Waals surface area contributed by atoms with Crippen LogP contribution in [0.2, 0.25) is 0 Å². The van der Waals surface area contributed by atoms with Crippen LogP contribution in [0.15, 0.2) is 29.8 Å². The number of carbonyl (C=O) groups excluding carboxylic acids is 4. The number of piperidine rings is 4. The molecule has 1 aromatic rings. The molecule has 0 bridgehead atoms. The molecule has 6 fully saturated rings. The topological polar surface area (TPSA) is 174 Å². The quantitative estimate of drug-likeness (QED) is 0.0664. The Morgan fingerprint density at radius 2 is 0.867 bits per heavy atom. The number of benzene rings is 1. The zero-order valence-corrected chi connectivity index (χ0v) is 49.4. The Morgan fingerprint density at radius 1 is 0.533 bits per heavy atom. The van der Waals surface area contributed by atoms with Gasteiger partial charge in [-0.05, 0) is 155 Å². The lowest BCUT2D eigenvalue weighted by atomic mass is 9.78. The molecule has 3 N–H and O–H groups in total. The Balaban J connectivity index is 0.000000244. The number of aliphatic hydroxyl groups is 1. The third-order valence-electron chi connectivity index (χ3n) is 17.2. The third kappa shape index (κ3) is 15.9. The molecule has 2 atom stereocenters. The van der Waals surface area contributed by atoms with Crippen molar-refractivity contribution in [1.82, 2.24) is 20.4 Å². The fourth-order valence-corrected chi connectivity index (χ4v) is 13.8. The predicted octanol–water partition coefficient (Wildman–Crippen LogP) is 9.48. The minimum Gasteiger partial charge on any atom is -0.460 e. The van der Waals surface area contributed by atoms with Gasteiger partial charge in [-0.15, -0.1) is 0 Å². The van der Waals surface area contributed by atoms with Crippen LogP contribution in [0, 0.1) is 0 Å². The molecule has 0 radical (unpaired) electrons. The fraction of sp³-hybridized carbons (Fsp3) is 0.800. The normalized spacial score (nSPS) is 28.1. The van der Waals surface area contributed by atoms with Crippen molar-refractivity contribution in [3.8, 4) is 0 Å². The number of hydrogen-bond donors (Lipinski definition) is 3. The van der Waals surface area contributed by atoms with Crippen LogP contribution in [-0.2, 0) is 54.2 Å². The first-order valence-corrected chi connectivity index (χ1v) is 28.0. The first-order chi connectivity index (χ1) is 34.3. The summed E-state index contributed by atoms with van der Waals surface area (Å²) in [6.07, 6.45) is 8.81. The molecule has 1 saturated carbocycles. The van der Waals surface area contributed by atoms with E-state index in [9.17, 15) is 24.3 Å². The van der Waals surface area contributed by atoms with Gasteiger partial charge in [0, 0.05) is 115 Å². The minimum absolute atomic E-state index is 0.0790. The Labute approximate surface area is 450 Å². The number of carbonyl (C=O) groups is 4. The van der Waals surface area contributed by atoms with Gasteiger partial charge in [0.1, 0.15) is 30.0 Å². The Hall–Kier alpha value is -3.44. The summed E-state index contributed by atoms with van der Waals surface area (Å²) in [5.74, 6) is -3.03. The molecule has 5 aliphatic heterocycles. The molecule has 1 spiro atoms. The largest absolute Gasteiger partial charge is 0.460 e. The number of esters is 4. The molecule has 1 aliphatic carbocycles. The van der Waals surface area contributed by atoms with Crippen molar-refractivity contribution in [2.24, 2.45) is 0 Å². The van der Waals surface area contributed by atoms with Crippen molar-refractivity contribution in [1.29, 1.82) is 0 Å². The first-order valence-electron chi connectivity index (χ1n) is 28.0. The van der Waals surface area contributed by atoms with Crippen molar-refractivity contribution < 1.29 is 52.7 Å². The highest BCUT2D eigenvalue weighted by atomic mass is 16.7. The van der Waals surface area contributed by atoms with Gasteiger partial charge < -0.3 is 44.2 Å². The van der Waals surface area contributed by atoms with Gasteiger partial charge in [-0.2, -0.15) is 0 Å². The van der Waals surface area contributed by atoms with Crippen molar-refractivity contribution in [2.75, 3.05) is 14.1 Å². The van der Waals surface area contributed by atoms with E-state index in [4.69, 9.17) is 28.4 Å². The molecule has 75 heavy (non-hydrogen) atoms. The number of hydrogen-bond acceptors (Lipinski definition) is 15. The van der Waals surface area contributed by atoms with Crippen LogP contribution in [0.4, 0.5) is 0 Å². The SMILES string of the molecule is CC1(C)CC(OC(=O)C2CC(C(=O)OC3CC(C)(C)NC(C)(C)C3)OC3(CCCCC3)O2)CC(C)(C)N1.CN1C(C)(C)CC(OC(=O)C(=Cc2ccc(CO)cc2)C(=O)OC2CC(C)(C)N(C)C(C)(C)C2)CC1(C)C. The molecule has 7 rings (SSSR count). The van der Waals surface area contributed by atoms with Gasteiger partial charge in [-0.1, -0.05) is 30.7 Å². The third-order valence-corrected chi connectivity index (χ3v) is 17.2. The highest BCUT2D eigenvalue weighted by Crippen LogP contribution is 2.43. The highest BCUT2D eigenvalue weighted by Gasteiger charge is 2.52. The monoisotopic (exact) mass is 1050 g/mol. The first kappa shape index (κ1) is 60.8. The average Bonchev–Trinajstić information content (AvgIpc) is 3.24. The van der Waals surface area contributed by atoms with Gasteiger partial charge >= 0.3 is 23.9 Å². The Kier molecular flexibility index (Phi) is 18.1. The minimum atomic E-state index is -0.927. The lowest BCUT2D eigenvalue weighted by Crippen LogP contribution is -2.61. The smallest absolute Gasteiger partial charge is 0.345 e. The van der Waals surface area contributed by atoms with Crippen molar-refractivity contribution >= 4 is 30.0 Å². The summed E-state index contributed by atoms with van der Waals surface area (Å²) in [4.78, 5) is 58.7.